The van der Waals surface area contributed by atoms with Crippen LogP contribution < -0.4 is 5.32 Å². The molecule has 0 saturated heterocycles. The Hall–Kier alpha value is -2.87. The Morgan fingerprint density at radius 1 is 1.36 bits per heavy atom. The number of halogens is 1. The molecule has 126 valence electrons. The zero-order chi connectivity index (χ0) is 17.6. The molecule has 0 atom stereocenters. The summed E-state index contributed by atoms with van der Waals surface area (Å²) in [5, 5.41) is 10.8. The summed E-state index contributed by atoms with van der Waals surface area (Å²) in [4.78, 5) is 20.9. The number of rotatable bonds is 3. The van der Waals surface area contributed by atoms with E-state index in [1.807, 2.05) is 19.1 Å². The Balaban J connectivity index is 1.93. The summed E-state index contributed by atoms with van der Waals surface area (Å²) in [5.41, 5.74) is 3.33. The number of fused-ring (bicyclic) bond motifs is 2. The number of aromatic amines is 1. The summed E-state index contributed by atoms with van der Waals surface area (Å²) in [6, 6.07) is 5.11. The van der Waals surface area contributed by atoms with Crippen molar-refractivity contribution >= 4 is 43.6 Å². The van der Waals surface area contributed by atoms with Gasteiger partial charge in [-0.1, -0.05) is 18.3 Å². The van der Waals surface area contributed by atoms with Gasteiger partial charge in [0.2, 0.25) is 5.91 Å². The molecule has 4 rings (SSSR count). The quantitative estimate of drug-likeness (QED) is 0.584. The molecule has 0 unspecified atom stereocenters. The molecule has 0 bridgehead atoms. The molecular formula is C17H14FN5OS. The van der Waals surface area contributed by atoms with Gasteiger partial charge in [0.1, 0.15) is 16.2 Å². The van der Waals surface area contributed by atoms with Gasteiger partial charge in [0, 0.05) is 17.9 Å². The van der Waals surface area contributed by atoms with Crippen molar-refractivity contribution < 1.29 is 9.18 Å². The van der Waals surface area contributed by atoms with Gasteiger partial charge in [0.05, 0.1) is 17.4 Å². The fraction of sp³-hybridized carbons (Fsp3) is 0.176. The molecule has 0 spiro atoms. The van der Waals surface area contributed by atoms with Gasteiger partial charge >= 0.3 is 0 Å². The fourth-order valence-corrected chi connectivity index (χ4v) is 3.78. The van der Waals surface area contributed by atoms with Gasteiger partial charge in [-0.05, 0) is 30.2 Å². The largest absolute Gasteiger partial charge is 0.302 e. The number of carbonyl (C=O) groups is 1. The first-order valence-corrected chi connectivity index (χ1v) is 8.58. The Morgan fingerprint density at radius 2 is 2.20 bits per heavy atom. The van der Waals surface area contributed by atoms with Gasteiger partial charge in [0.25, 0.3) is 0 Å². The molecule has 0 fully saturated rings. The minimum absolute atomic E-state index is 0.183. The number of H-pyrrole nitrogens is 1. The number of pyridine rings is 1. The van der Waals surface area contributed by atoms with Crippen LogP contribution in [0.3, 0.4) is 0 Å². The Bertz CT molecular complexity index is 1120. The molecule has 3 heterocycles. The van der Waals surface area contributed by atoms with Crippen molar-refractivity contribution in [2.45, 2.75) is 20.3 Å². The lowest BCUT2D eigenvalue weighted by atomic mass is 9.97. The summed E-state index contributed by atoms with van der Waals surface area (Å²) in [6.45, 7) is 3.34. The number of aromatic nitrogens is 4. The fourth-order valence-electron chi connectivity index (χ4n) is 2.90. The first-order valence-electron chi connectivity index (χ1n) is 7.76. The van der Waals surface area contributed by atoms with Gasteiger partial charge in [-0.25, -0.2) is 14.4 Å². The topological polar surface area (TPSA) is 83.6 Å². The number of thiazole rings is 1. The maximum Gasteiger partial charge on any atom is 0.223 e. The van der Waals surface area contributed by atoms with Gasteiger partial charge in [0.15, 0.2) is 5.13 Å². The zero-order valence-electron chi connectivity index (χ0n) is 13.6. The van der Waals surface area contributed by atoms with Crippen LogP contribution in [0.4, 0.5) is 9.52 Å². The molecule has 2 N–H and O–H groups in total. The monoisotopic (exact) mass is 355 g/mol. The van der Waals surface area contributed by atoms with E-state index in [1.54, 1.807) is 6.20 Å². The molecule has 0 aliphatic rings. The summed E-state index contributed by atoms with van der Waals surface area (Å²) in [7, 11) is 0. The second kappa shape index (κ2) is 5.89. The second-order valence-electron chi connectivity index (χ2n) is 5.62. The van der Waals surface area contributed by atoms with E-state index in [0.717, 1.165) is 10.9 Å². The van der Waals surface area contributed by atoms with Gasteiger partial charge in [-0.15, -0.1) is 0 Å². The van der Waals surface area contributed by atoms with Crippen LogP contribution in [-0.4, -0.2) is 26.1 Å². The molecule has 0 saturated carbocycles. The molecule has 0 aliphatic heterocycles. The van der Waals surface area contributed by atoms with E-state index in [9.17, 15) is 9.18 Å². The number of nitrogens with one attached hydrogen (secondary N) is 2. The summed E-state index contributed by atoms with van der Waals surface area (Å²) >= 11 is 1.29. The number of anilines is 1. The van der Waals surface area contributed by atoms with E-state index in [1.165, 1.54) is 24.3 Å². The van der Waals surface area contributed by atoms with Gasteiger partial charge in [-0.3, -0.25) is 9.89 Å². The lowest BCUT2D eigenvalue weighted by molar-refractivity contribution is -0.114. The predicted molar refractivity (Wildman–Crippen MR) is 96.1 cm³/mol. The van der Waals surface area contributed by atoms with Gasteiger partial charge < -0.3 is 5.32 Å². The first kappa shape index (κ1) is 15.6. The molecule has 6 nitrogen and oxygen atoms in total. The van der Waals surface area contributed by atoms with Crippen LogP contribution in [0.15, 0.2) is 24.4 Å². The highest BCUT2D eigenvalue weighted by Crippen LogP contribution is 2.34. The number of benzene rings is 1. The lowest BCUT2D eigenvalue weighted by Gasteiger charge is -2.10. The Morgan fingerprint density at radius 3 is 2.96 bits per heavy atom. The molecule has 4 aromatic rings. The second-order valence-corrected chi connectivity index (χ2v) is 6.60. The van der Waals surface area contributed by atoms with Crippen LogP contribution in [0.25, 0.3) is 32.5 Å². The van der Waals surface area contributed by atoms with Crippen LogP contribution in [0.2, 0.25) is 0 Å². The van der Waals surface area contributed by atoms with E-state index in [2.05, 4.69) is 25.5 Å². The van der Waals surface area contributed by atoms with Crippen LogP contribution >= 0.6 is 11.3 Å². The van der Waals surface area contributed by atoms with Crippen molar-refractivity contribution in [2.75, 3.05) is 5.32 Å². The third-order valence-electron chi connectivity index (χ3n) is 3.95. The van der Waals surface area contributed by atoms with Crippen LogP contribution in [0, 0.1) is 5.82 Å². The number of hydrogen-bond acceptors (Lipinski definition) is 5. The Kier molecular flexibility index (Phi) is 3.69. The van der Waals surface area contributed by atoms with E-state index in [4.69, 9.17) is 0 Å². The highest BCUT2D eigenvalue weighted by atomic mass is 32.1. The van der Waals surface area contributed by atoms with Crippen LogP contribution in [0.5, 0.6) is 0 Å². The van der Waals surface area contributed by atoms with Crippen molar-refractivity contribution in [1.29, 1.82) is 0 Å². The molecule has 0 radical (unpaired) electrons. The predicted octanol–water partition coefficient (Wildman–Crippen LogP) is 3.89. The third kappa shape index (κ3) is 2.64. The van der Waals surface area contributed by atoms with Crippen molar-refractivity contribution in [1.82, 2.24) is 20.2 Å². The molecule has 1 aromatic carbocycles. The van der Waals surface area contributed by atoms with Crippen molar-refractivity contribution in [3.8, 4) is 11.3 Å². The normalized spacial score (nSPS) is 11.3. The standard InChI is InChI=1S/C17H14FN5OS/c1-3-9-11(18)6-14-10(7-19-23-14)15(9)12-4-5-13-16(21-12)25-17(22-13)20-8(2)24/h4-7H,3H2,1-2H3,(H,19,23)(H,20,22,24). The Labute approximate surface area is 146 Å². The van der Waals surface area contributed by atoms with Gasteiger partial charge in [-0.2, -0.15) is 5.10 Å². The van der Waals surface area contributed by atoms with Crippen LogP contribution in [-0.2, 0) is 11.2 Å². The third-order valence-corrected chi connectivity index (χ3v) is 4.83. The number of nitrogens with zero attached hydrogens (tertiary/aromatic N) is 3. The average Bonchev–Trinajstić information content (AvgIpc) is 3.17. The molecule has 0 aliphatic carbocycles. The maximum atomic E-state index is 14.5. The molecule has 8 heteroatoms. The minimum atomic E-state index is -0.278. The molecular weight excluding hydrogens is 341 g/mol. The molecule has 25 heavy (non-hydrogen) atoms. The average molecular weight is 355 g/mol. The van der Waals surface area contributed by atoms with Crippen molar-refractivity contribution in [3.63, 3.8) is 0 Å². The zero-order valence-corrected chi connectivity index (χ0v) is 14.4. The first-order chi connectivity index (χ1) is 12.1. The highest BCUT2D eigenvalue weighted by Gasteiger charge is 2.17. The van der Waals surface area contributed by atoms with E-state index >= 15 is 0 Å². The molecule has 1 amide bonds. The van der Waals surface area contributed by atoms with E-state index < -0.39 is 0 Å². The van der Waals surface area contributed by atoms with Crippen LogP contribution in [0.1, 0.15) is 19.4 Å². The highest BCUT2D eigenvalue weighted by molar-refractivity contribution is 7.21. The number of carbonyl (C=O) groups excluding carboxylic acids is 1. The van der Waals surface area contributed by atoms with Crippen molar-refractivity contribution in [2.24, 2.45) is 0 Å². The SMILES string of the molecule is CCc1c(F)cc2[nH]ncc2c1-c1ccc2nc(NC(C)=O)sc2n1. The summed E-state index contributed by atoms with van der Waals surface area (Å²) < 4.78 is 14.5. The molecule has 3 aromatic heterocycles. The summed E-state index contributed by atoms with van der Waals surface area (Å²) in [5.74, 6) is -0.461. The van der Waals surface area contributed by atoms with E-state index in [0.29, 0.717) is 38.7 Å². The number of hydrogen-bond donors (Lipinski definition) is 2. The number of amides is 1. The maximum absolute atomic E-state index is 14.5. The smallest absolute Gasteiger partial charge is 0.223 e. The summed E-state index contributed by atoms with van der Waals surface area (Å²) in [6.07, 6.45) is 2.23. The minimum Gasteiger partial charge on any atom is -0.302 e. The van der Waals surface area contributed by atoms with E-state index in [-0.39, 0.29) is 11.7 Å². The lowest BCUT2D eigenvalue weighted by Crippen LogP contribution is -2.04. The van der Waals surface area contributed by atoms with Crippen molar-refractivity contribution in [3.05, 3.63) is 35.8 Å².